The van der Waals surface area contributed by atoms with Crippen LogP contribution in [0.5, 0.6) is 0 Å². The zero-order valence-electron chi connectivity index (χ0n) is 42.9. The Morgan fingerprint density at radius 1 is 0.648 bits per heavy atom. The lowest BCUT2D eigenvalue weighted by atomic mass is 9.80. The van der Waals surface area contributed by atoms with Crippen molar-refractivity contribution in [1.29, 1.82) is 0 Å². The van der Waals surface area contributed by atoms with E-state index in [0.717, 1.165) is 0 Å². The number of hydrogen-bond donors (Lipinski definition) is 15. The molecule has 6 aliphatic rings. The van der Waals surface area contributed by atoms with Gasteiger partial charge < -0.3 is 123 Å². The Bertz CT molecular complexity index is 1750. The Labute approximate surface area is 417 Å². The highest BCUT2D eigenvalue weighted by atomic mass is 16.7. The molecule has 0 radical (unpaired) electrons. The van der Waals surface area contributed by atoms with E-state index in [4.69, 9.17) is 65.6 Å². The summed E-state index contributed by atoms with van der Waals surface area (Å²) in [7, 11) is 6.85. The van der Waals surface area contributed by atoms with Crippen LogP contribution in [0.1, 0.15) is 67.2 Å². The Morgan fingerprint density at radius 3 is 1.54 bits per heavy atom. The van der Waals surface area contributed by atoms with Crippen molar-refractivity contribution in [3.63, 3.8) is 0 Å². The maximum atomic E-state index is 12.5. The molecule has 4 aliphatic heterocycles. The first-order valence-electron chi connectivity index (χ1n) is 24.6. The van der Waals surface area contributed by atoms with E-state index in [-0.39, 0.29) is 19.1 Å². The van der Waals surface area contributed by atoms with Crippen LogP contribution in [0.4, 0.5) is 4.79 Å². The summed E-state index contributed by atoms with van der Waals surface area (Å²) >= 11 is 0. The van der Waals surface area contributed by atoms with Crippen molar-refractivity contribution in [3.05, 3.63) is 23.7 Å². The van der Waals surface area contributed by atoms with Crippen LogP contribution in [0.25, 0.3) is 0 Å². The van der Waals surface area contributed by atoms with Crippen LogP contribution in [-0.2, 0) is 42.6 Å². The average molecular weight is 1020 g/mol. The van der Waals surface area contributed by atoms with Crippen LogP contribution in [0.15, 0.2) is 23.7 Å². The predicted octanol–water partition coefficient (Wildman–Crippen LogP) is -4.31. The van der Waals surface area contributed by atoms with E-state index < -0.39 is 139 Å². The van der Waals surface area contributed by atoms with E-state index in [2.05, 4.69) is 26.6 Å². The smallest absolute Gasteiger partial charge is 0.408 e. The molecule has 0 bridgehead atoms. The minimum atomic E-state index is -1.31. The molecule has 4 fully saturated rings. The molecule has 19 N–H and O–H groups in total. The topological polar surface area (TPSA) is 386 Å². The second kappa shape index (κ2) is 25.4. The van der Waals surface area contributed by atoms with Crippen molar-refractivity contribution >= 4 is 6.09 Å². The molecule has 2 saturated heterocycles. The fourth-order valence-corrected chi connectivity index (χ4v) is 9.99. The van der Waals surface area contributed by atoms with Crippen molar-refractivity contribution in [1.82, 2.24) is 26.6 Å². The molecule has 0 aromatic heterocycles. The summed E-state index contributed by atoms with van der Waals surface area (Å²) < 4.78 is 52.8. The average Bonchev–Trinajstić information content (AvgIpc) is 3.27. The molecule has 25 heteroatoms. The number of rotatable bonds is 15. The molecule has 0 aromatic rings. The molecule has 22 atom stereocenters. The number of alkyl carbamates (subject to hydrolysis) is 1. The van der Waals surface area contributed by atoms with Gasteiger partial charge in [0.1, 0.15) is 71.0 Å². The van der Waals surface area contributed by atoms with E-state index in [9.17, 15) is 35.4 Å². The minimum absolute atomic E-state index is 0.0664. The van der Waals surface area contributed by atoms with Gasteiger partial charge in [-0.3, -0.25) is 0 Å². The van der Waals surface area contributed by atoms with Gasteiger partial charge in [-0.1, -0.05) is 6.92 Å². The zero-order valence-corrected chi connectivity index (χ0v) is 42.9. The zero-order chi connectivity index (χ0) is 52.7. The number of hydrogen-bond acceptors (Lipinski definition) is 24. The third kappa shape index (κ3) is 15.1. The summed E-state index contributed by atoms with van der Waals surface area (Å²) in [6.45, 7) is 11.2. The molecule has 412 valence electrons. The summed E-state index contributed by atoms with van der Waals surface area (Å²) in [5.74, 6) is 1.17. The number of likely N-dealkylation sites (N-methyl/N-ethyl adjacent to an activating group) is 4. The Morgan fingerprint density at radius 2 is 1.07 bits per heavy atom. The highest BCUT2D eigenvalue weighted by Gasteiger charge is 2.53. The normalized spacial score (nSPS) is 44.2. The van der Waals surface area contributed by atoms with E-state index >= 15 is 0 Å². The second-order valence-corrected chi connectivity index (χ2v) is 21.2. The number of nitrogens with two attached hydrogens (primary N) is 4. The molecule has 2 saturated carbocycles. The lowest BCUT2D eigenvalue weighted by molar-refractivity contribution is -0.305. The van der Waals surface area contributed by atoms with Crippen LogP contribution < -0.4 is 49.5 Å². The Balaban J connectivity index is 0.000000269. The first kappa shape index (κ1) is 59.4. The first-order valence-corrected chi connectivity index (χ1v) is 24.6. The fraction of sp³-hybridized carbons (Fsp3) is 0.891. The Hall–Kier alpha value is -2.45. The maximum Gasteiger partial charge on any atom is 0.408 e. The molecule has 71 heavy (non-hydrogen) atoms. The van der Waals surface area contributed by atoms with Gasteiger partial charge in [-0.25, -0.2) is 4.79 Å². The SMILES string of the molecule is CNCC1=CC[C@@H](N)[C@@H](O[C@H]2[C@H](O)[C@@H](O[C@H]3OC[C@](C)(O)[C@H](NC)[C@H]3O)[C@H](N)C[C@@H]2N)O1.CNCC1=CC[C@@H](NC(=O)OC(C)(C)C)[C@@H](O[C@H]2[C@H](O)[C@@H](O[C@H]3OC[C@](C)(O)[C@H](NC)[C@H]3O)[C@H](N)C[C@@H]2C)O1. The first-order chi connectivity index (χ1) is 33.2. The van der Waals surface area contributed by atoms with Crippen molar-refractivity contribution in [2.24, 2.45) is 28.9 Å². The number of amides is 1. The molecule has 0 spiro atoms. The minimum Gasteiger partial charge on any atom is -0.467 e. The monoisotopic (exact) mass is 1020 g/mol. The van der Waals surface area contributed by atoms with Gasteiger partial charge >= 0.3 is 6.09 Å². The van der Waals surface area contributed by atoms with Crippen LogP contribution in [0, 0.1) is 5.92 Å². The van der Waals surface area contributed by atoms with Gasteiger partial charge in [0.15, 0.2) is 12.6 Å². The summed E-state index contributed by atoms with van der Waals surface area (Å²) in [4.78, 5) is 12.5. The van der Waals surface area contributed by atoms with Gasteiger partial charge in [-0.05, 0) is 107 Å². The molecule has 25 nitrogen and oxygen atoms in total. The van der Waals surface area contributed by atoms with Gasteiger partial charge in [0.25, 0.3) is 0 Å². The quantitative estimate of drug-likeness (QED) is 0.0738. The van der Waals surface area contributed by atoms with Crippen LogP contribution >= 0.6 is 0 Å². The Kier molecular flexibility index (Phi) is 21.3. The number of nitrogens with one attached hydrogen (secondary N) is 5. The van der Waals surface area contributed by atoms with E-state index in [1.165, 1.54) is 0 Å². The number of carbonyl (C=O) groups is 1. The molecular weight excluding hydrogens is 935 g/mol. The summed E-state index contributed by atoms with van der Waals surface area (Å²) in [6.07, 6.45) is -7.29. The second-order valence-electron chi connectivity index (χ2n) is 21.2. The van der Waals surface area contributed by atoms with E-state index in [0.29, 0.717) is 50.3 Å². The molecule has 2 aliphatic carbocycles. The standard InChI is InChI=1S/C26H48N4O9.C20H39N5O7/c1-13-10-15(27)20(38-23-18(32)21(29-7)26(5,34)12-35-23)17(31)19(13)37-22-16(9-8-14(36-22)11-28-6)30-24(33)39-25(2,3)4;1-20(28)8-29-19(14(27)17(20)25-3)32-16-12(23)6-11(22)15(13(16)26)31-18-10(21)5-4-9(30-18)7-24-2/h8,13,15-23,28-29,31-32,34H,9-12,27H2,1-7H3,(H,30,33);4,10-19,24-28H,5-8,21-23H2,1-3H3/t13-,15+,16+,17-,18+,19+,20-,21+,22+,23+,26-;10-,11+,12-,13+,14-,15-,16+,17-,18-,19-,20+/m01/s1. The lowest BCUT2D eigenvalue weighted by Gasteiger charge is -2.48. The largest absolute Gasteiger partial charge is 0.467 e. The number of ether oxygens (including phenoxy) is 9. The summed E-state index contributed by atoms with van der Waals surface area (Å²) in [5.41, 5.74) is 21.7. The van der Waals surface area contributed by atoms with Gasteiger partial charge in [-0.2, -0.15) is 0 Å². The lowest BCUT2D eigenvalue weighted by Crippen LogP contribution is -2.68. The van der Waals surface area contributed by atoms with Gasteiger partial charge in [0.05, 0.1) is 56.6 Å². The molecule has 0 unspecified atom stereocenters. The third-order valence-electron chi connectivity index (χ3n) is 13.6. The van der Waals surface area contributed by atoms with E-state index in [1.54, 1.807) is 62.8 Å². The summed E-state index contributed by atoms with van der Waals surface area (Å²) in [5, 5.41) is 79.6. The number of aliphatic hydroxyl groups is 6. The van der Waals surface area contributed by atoms with Crippen molar-refractivity contribution in [2.75, 3.05) is 54.5 Å². The van der Waals surface area contributed by atoms with Crippen molar-refractivity contribution < 1.29 is 78.1 Å². The molecule has 6 rings (SSSR count). The van der Waals surface area contributed by atoms with Gasteiger partial charge in [0.2, 0.25) is 12.6 Å². The number of aliphatic hydroxyl groups excluding tert-OH is 4. The maximum absolute atomic E-state index is 12.5. The summed E-state index contributed by atoms with van der Waals surface area (Å²) in [6, 6.07) is -4.16. The van der Waals surface area contributed by atoms with Crippen LogP contribution in [0.2, 0.25) is 0 Å². The van der Waals surface area contributed by atoms with Gasteiger partial charge in [0, 0.05) is 18.1 Å². The van der Waals surface area contributed by atoms with Crippen molar-refractivity contribution in [3.8, 4) is 0 Å². The van der Waals surface area contributed by atoms with Gasteiger partial charge in [-0.15, -0.1) is 0 Å². The molecule has 4 heterocycles. The highest BCUT2D eigenvalue weighted by Crippen LogP contribution is 2.35. The van der Waals surface area contributed by atoms with Crippen LogP contribution in [-0.4, -0.2) is 224 Å². The van der Waals surface area contributed by atoms with E-state index in [1.807, 2.05) is 19.1 Å². The molecule has 0 aromatic carbocycles. The molecular formula is C46H87N9O16. The molecule has 1 amide bonds. The fourth-order valence-electron chi connectivity index (χ4n) is 9.99. The van der Waals surface area contributed by atoms with Crippen molar-refractivity contribution in [2.45, 2.75) is 200 Å². The predicted molar refractivity (Wildman–Crippen MR) is 256 cm³/mol. The highest BCUT2D eigenvalue weighted by molar-refractivity contribution is 5.68. The third-order valence-corrected chi connectivity index (χ3v) is 13.6. The van der Waals surface area contributed by atoms with Crippen LogP contribution in [0.3, 0.4) is 0 Å². The number of carbonyl (C=O) groups excluding carboxylic acids is 1.